The third-order valence-corrected chi connectivity index (χ3v) is 6.50. The maximum atomic E-state index is 12.8. The van der Waals surface area contributed by atoms with Crippen LogP contribution in [0.5, 0.6) is 0 Å². The molecule has 134 valence electrons. The molecule has 4 rings (SSSR count). The summed E-state index contributed by atoms with van der Waals surface area (Å²) >= 11 is 1.73. The van der Waals surface area contributed by atoms with Crippen molar-refractivity contribution in [3.8, 4) is 0 Å². The van der Waals surface area contributed by atoms with Crippen LogP contribution >= 0.6 is 11.3 Å². The molecule has 0 bridgehead atoms. The molecule has 1 spiro atoms. The maximum absolute atomic E-state index is 12.8. The number of nitrogens with zero attached hydrogens (tertiary/aromatic N) is 1. The van der Waals surface area contributed by atoms with E-state index in [1.165, 1.54) is 24.8 Å². The monoisotopic (exact) mass is 362 g/mol. The Hall–Kier alpha value is -1.30. The van der Waals surface area contributed by atoms with Crippen LogP contribution in [0.1, 0.15) is 42.4 Å². The summed E-state index contributed by atoms with van der Waals surface area (Å²) in [5.41, 5.74) is 3.06. The van der Waals surface area contributed by atoms with Crippen molar-refractivity contribution < 1.29 is 8.78 Å². The molecule has 1 aliphatic heterocycles. The van der Waals surface area contributed by atoms with Gasteiger partial charge >= 0.3 is 0 Å². The van der Waals surface area contributed by atoms with E-state index in [9.17, 15) is 8.78 Å². The number of halogens is 2. The highest BCUT2D eigenvalue weighted by Crippen LogP contribution is 2.56. The molecule has 1 atom stereocenters. The first-order valence-electron chi connectivity index (χ1n) is 8.99. The number of piperidine rings is 1. The van der Waals surface area contributed by atoms with Crippen molar-refractivity contribution in [2.24, 2.45) is 5.41 Å². The van der Waals surface area contributed by atoms with Crippen molar-refractivity contribution in [3.63, 3.8) is 0 Å². The molecule has 1 saturated heterocycles. The van der Waals surface area contributed by atoms with E-state index in [2.05, 4.69) is 27.0 Å². The van der Waals surface area contributed by atoms with Gasteiger partial charge in [0.2, 0.25) is 0 Å². The van der Waals surface area contributed by atoms with Gasteiger partial charge in [-0.2, -0.15) is 11.3 Å². The molecule has 2 fully saturated rings. The molecule has 1 N–H and O–H groups in total. The Balaban J connectivity index is 1.49. The van der Waals surface area contributed by atoms with Crippen LogP contribution in [0.4, 0.5) is 8.78 Å². The smallest absolute Gasteiger partial charge is 0.263 e. The lowest BCUT2D eigenvalue weighted by Crippen LogP contribution is -2.35. The lowest BCUT2D eigenvalue weighted by Gasteiger charge is -2.29. The van der Waals surface area contributed by atoms with E-state index in [4.69, 9.17) is 0 Å². The first-order valence-corrected chi connectivity index (χ1v) is 9.93. The highest BCUT2D eigenvalue weighted by molar-refractivity contribution is 7.07. The Morgan fingerprint density at radius 3 is 2.44 bits per heavy atom. The van der Waals surface area contributed by atoms with E-state index < -0.39 is 6.43 Å². The number of rotatable bonds is 6. The van der Waals surface area contributed by atoms with Crippen LogP contribution in [0, 0.1) is 5.41 Å². The summed E-state index contributed by atoms with van der Waals surface area (Å²) in [7, 11) is 0. The minimum atomic E-state index is -2.39. The quantitative estimate of drug-likeness (QED) is 0.792. The maximum Gasteiger partial charge on any atom is 0.263 e. The zero-order chi connectivity index (χ0) is 17.3. The van der Waals surface area contributed by atoms with Gasteiger partial charge in [0.25, 0.3) is 6.43 Å². The summed E-state index contributed by atoms with van der Waals surface area (Å²) in [6, 6.07) is 9.66. The van der Waals surface area contributed by atoms with Gasteiger partial charge in [0.15, 0.2) is 0 Å². The van der Waals surface area contributed by atoms with Gasteiger partial charge in [0.1, 0.15) is 0 Å². The Morgan fingerprint density at radius 2 is 1.80 bits per heavy atom. The molecular weight excluding hydrogens is 338 g/mol. The zero-order valence-corrected chi connectivity index (χ0v) is 15.1. The van der Waals surface area contributed by atoms with Crippen molar-refractivity contribution >= 4 is 11.3 Å². The first-order chi connectivity index (χ1) is 12.2. The summed E-state index contributed by atoms with van der Waals surface area (Å²) in [5, 5.41) is 7.80. The van der Waals surface area contributed by atoms with Crippen LogP contribution in [-0.4, -0.2) is 24.0 Å². The second-order valence-electron chi connectivity index (χ2n) is 7.41. The normalized spacial score (nSPS) is 22.0. The highest BCUT2D eigenvalue weighted by Gasteiger charge is 2.56. The number of thiophene rings is 1. The zero-order valence-electron chi connectivity index (χ0n) is 14.3. The Bertz CT molecular complexity index is 678. The number of benzene rings is 1. The molecule has 1 aliphatic carbocycles. The van der Waals surface area contributed by atoms with E-state index in [0.717, 1.165) is 31.7 Å². The third kappa shape index (κ3) is 3.78. The Labute approximate surface area is 151 Å². The average Bonchev–Trinajstić information content (AvgIpc) is 3.05. The van der Waals surface area contributed by atoms with Gasteiger partial charge < -0.3 is 5.32 Å². The minimum absolute atomic E-state index is 0.106. The fourth-order valence-corrected chi connectivity index (χ4v) is 4.86. The molecule has 2 aliphatic rings. The Morgan fingerprint density at radius 1 is 1.08 bits per heavy atom. The molecular formula is C20H24F2N2S. The van der Waals surface area contributed by atoms with Crippen LogP contribution in [-0.2, 0) is 13.1 Å². The molecule has 2 aromatic rings. The van der Waals surface area contributed by atoms with Crippen molar-refractivity contribution in [2.75, 3.05) is 13.1 Å². The lowest BCUT2D eigenvalue weighted by molar-refractivity contribution is 0.151. The summed E-state index contributed by atoms with van der Waals surface area (Å²) in [4.78, 5) is 2.56. The van der Waals surface area contributed by atoms with Gasteiger partial charge in [-0.1, -0.05) is 24.3 Å². The minimum Gasteiger partial charge on any atom is -0.317 e. The second kappa shape index (κ2) is 7.14. The van der Waals surface area contributed by atoms with Crippen LogP contribution < -0.4 is 5.32 Å². The molecule has 1 aromatic carbocycles. The second-order valence-corrected chi connectivity index (χ2v) is 8.19. The summed E-state index contributed by atoms with van der Waals surface area (Å²) in [6.07, 6.45) is 1.38. The van der Waals surface area contributed by atoms with Crippen LogP contribution in [0.3, 0.4) is 0 Å². The fourth-order valence-electron chi connectivity index (χ4n) is 4.20. The van der Waals surface area contributed by atoms with Crippen LogP contribution in [0.2, 0.25) is 0 Å². The number of alkyl halides is 2. The topological polar surface area (TPSA) is 15.3 Å². The van der Waals surface area contributed by atoms with Crippen molar-refractivity contribution in [1.82, 2.24) is 10.2 Å². The molecule has 25 heavy (non-hydrogen) atoms. The summed E-state index contributed by atoms with van der Waals surface area (Å²) < 4.78 is 25.6. The summed E-state index contributed by atoms with van der Waals surface area (Å²) in [5.74, 6) is 0. The summed E-state index contributed by atoms with van der Waals surface area (Å²) in [6.45, 7) is 4.01. The highest BCUT2D eigenvalue weighted by atomic mass is 32.1. The average molecular weight is 362 g/mol. The molecule has 0 amide bonds. The van der Waals surface area contributed by atoms with E-state index in [1.54, 1.807) is 23.5 Å². The van der Waals surface area contributed by atoms with E-state index in [-0.39, 0.29) is 5.56 Å². The number of hydrogen-bond donors (Lipinski definition) is 1. The molecule has 0 radical (unpaired) electrons. The predicted octanol–water partition coefficient (Wildman–Crippen LogP) is 4.83. The molecule has 1 aromatic heterocycles. The van der Waals surface area contributed by atoms with Gasteiger partial charge in [-0.15, -0.1) is 0 Å². The molecule has 2 nitrogen and oxygen atoms in total. The SMILES string of the molecule is FC(F)c1ccc(CN(Cc2ccsc2)C2CC23CCNCC3)cc1. The van der Waals surface area contributed by atoms with Gasteiger partial charge in [-0.25, -0.2) is 8.78 Å². The largest absolute Gasteiger partial charge is 0.317 e. The van der Waals surface area contributed by atoms with Crippen LogP contribution in [0.25, 0.3) is 0 Å². The predicted molar refractivity (Wildman–Crippen MR) is 97.9 cm³/mol. The fraction of sp³-hybridized carbons (Fsp3) is 0.500. The molecule has 5 heteroatoms. The van der Waals surface area contributed by atoms with Crippen molar-refractivity contribution in [2.45, 2.75) is 44.8 Å². The van der Waals surface area contributed by atoms with E-state index in [1.807, 2.05) is 12.1 Å². The van der Waals surface area contributed by atoms with Gasteiger partial charge in [-0.05, 0) is 65.7 Å². The van der Waals surface area contributed by atoms with Crippen LogP contribution in [0.15, 0.2) is 41.1 Å². The van der Waals surface area contributed by atoms with Crippen molar-refractivity contribution in [3.05, 3.63) is 57.8 Å². The van der Waals surface area contributed by atoms with Gasteiger partial charge in [0.05, 0.1) is 0 Å². The standard InChI is InChI=1S/C20H24F2N2S/c21-19(22)17-3-1-15(2-4-17)12-24(13-16-5-10-25-14-16)18-11-20(18)6-8-23-9-7-20/h1-5,10,14,18-19,23H,6-9,11-13H2. The first kappa shape index (κ1) is 17.1. The number of hydrogen-bond acceptors (Lipinski definition) is 3. The van der Waals surface area contributed by atoms with Gasteiger partial charge in [0, 0.05) is 24.7 Å². The lowest BCUT2D eigenvalue weighted by atomic mass is 9.93. The van der Waals surface area contributed by atoms with Crippen molar-refractivity contribution in [1.29, 1.82) is 0 Å². The molecule has 1 unspecified atom stereocenters. The number of nitrogens with one attached hydrogen (secondary N) is 1. The Kier molecular flexibility index (Phi) is 4.89. The molecule has 2 heterocycles. The third-order valence-electron chi connectivity index (χ3n) is 5.77. The molecule has 1 saturated carbocycles. The van der Waals surface area contributed by atoms with Gasteiger partial charge in [-0.3, -0.25) is 4.90 Å². The van der Waals surface area contributed by atoms with E-state index >= 15 is 0 Å². The van der Waals surface area contributed by atoms with E-state index in [0.29, 0.717) is 11.5 Å².